The number of benzene rings is 2. The van der Waals surface area contributed by atoms with E-state index in [2.05, 4.69) is 39.9 Å². The third-order valence-electron chi connectivity index (χ3n) is 5.78. The fraction of sp³-hybridized carbons (Fsp3) is 0.192. The molecule has 0 saturated carbocycles. The minimum absolute atomic E-state index is 0.165. The van der Waals surface area contributed by atoms with Crippen LogP contribution in [0.3, 0.4) is 0 Å². The fourth-order valence-electron chi connectivity index (χ4n) is 4.21. The van der Waals surface area contributed by atoms with E-state index in [1.807, 2.05) is 30.3 Å². The van der Waals surface area contributed by atoms with Crippen molar-refractivity contribution in [3.05, 3.63) is 102 Å². The summed E-state index contributed by atoms with van der Waals surface area (Å²) < 4.78 is 13.7. The van der Waals surface area contributed by atoms with Crippen LogP contribution >= 0.6 is 0 Å². The summed E-state index contributed by atoms with van der Waals surface area (Å²) in [4.78, 5) is 14.0. The summed E-state index contributed by atoms with van der Waals surface area (Å²) in [5, 5.41) is 6.80. The lowest BCUT2D eigenvalue weighted by Gasteiger charge is -2.30. The summed E-state index contributed by atoms with van der Waals surface area (Å²) in [5.41, 5.74) is 3.69. The molecule has 3 heterocycles. The number of hydrogen-bond acceptors (Lipinski definition) is 5. The SMILES string of the molecule is Fc1cccc(Nc2cc(-c3cccnc3)nc(C3CNCC(c4ccccc4)C3)n2)c1. The molecule has 1 aliphatic rings. The van der Waals surface area contributed by atoms with Gasteiger partial charge in [0.05, 0.1) is 5.69 Å². The van der Waals surface area contributed by atoms with Gasteiger partial charge in [0.25, 0.3) is 0 Å². The van der Waals surface area contributed by atoms with E-state index >= 15 is 0 Å². The van der Waals surface area contributed by atoms with E-state index < -0.39 is 0 Å². The monoisotopic (exact) mass is 425 g/mol. The third kappa shape index (κ3) is 4.65. The number of pyridine rings is 1. The Morgan fingerprint density at radius 3 is 2.56 bits per heavy atom. The van der Waals surface area contributed by atoms with Crippen molar-refractivity contribution in [1.29, 1.82) is 0 Å². The second-order valence-corrected chi connectivity index (χ2v) is 8.07. The minimum Gasteiger partial charge on any atom is -0.340 e. The molecule has 2 aromatic heterocycles. The molecule has 0 spiro atoms. The lowest BCUT2D eigenvalue weighted by Crippen LogP contribution is -2.34. The summed E-state index contributed by atoms with van der Waals surface area (Å²) in [5.74, 6) is 1.69. The number of aromatic nitrogens is 3. The van der Waals surface area contributed by atoms with E-state index in [-0.39, 0.29) is 11.7 Å². The largest absolute Gasteiger partial charge is 0.340 e. The molecule has 2 atom stereocenters. The number of rotatable bonds is 5. The van der Waals surface area contributed by atoms with Gasteiger partial charge in [-0.05, 0) is 48.2 Å². The Morgan fingerprint density at radius 1 is 0.875 bits per heavy atom. The van der Waals surface area contributed by atoms with E-state index in [4.69, 9.17) is 9.97 Å². The standard InChI is InChI=1S/C26H24FN5/c27-22-9-4-10-23(13-22)30-25-14-24(19-8-5-11-28-15-19)31-26(32-25)21-12-20(16-29-17-21)18-6-2-1-3-7-18/h1-11,13-15,20-21,29H,12,16-17H2,(H,30,31,32). The van der Waals surface area contributed by atoms with Crippen LogP contribution < -0.4 is 10.6 Å². The van der Waals surface area contributed by atoms with E-state index in [9.17, 15) is 4.39 Å². The van der Waals surface area contributed by atoms with Crippen molar-refractivity contribution >= 4 is 11.5 Å². The van der Waals surface area contributed by atoms with E-state index in [1.54, 1.807) is 18.5 Å². The Labute approximate surface area is 186 Å². The highest BCUT2D eigenvalue weighted by Crippen LogP contribution is 2.33. The van der Waals surface area contributed by atoms with Gasteiger partial charge in [0, 0.05) is 48.7 Å². The third-order valence-corrected chi connectivity index (χ3v) is 5.78. The first-order valence-electron chi connectivity index (χ1n) is 10.8. The summed E-state index contributed by atoms with van der Waals surface area (Å²) in [6.07, 6.45) is 4.50. The minimum atomic E-state index is -0.293. The molecule has 2 unspecified atom stereocenters. The molecular weight excluding hydrogens is 401 g/mol. The van der Waals surface area contributed by atoms with Crippen LogP contribution in [0.15, 0.2) is 85.2 Å². The lowest BCUT2D eigenvalue weighted by molar-refractivity contribution is 0.401. The van der Waals surface area contributed by atoms with Crippen LogP contribution in [-0.4, -0.2) is 28.0 Å². The van der Waals surface area contributed by atoms with Crippen LogP contribution in [0, 0.1) is 5.82 Å². The fourth-order valence-corrected chi connectivity index (χ4v) is 4.21. The van der Waals surface area contributed by atoms with Gasteiger partial charge in [0.15, 0.2) is 0 Å². The first-order chi connectivity index (χ1) is 15.7. The molecule has 0 aliphatic carbocycles. The summed E-state index contributed by atoms with van der Waals surface area (Å²) in [6, 6.07) is 22.7. The predicted octanol–water partition coefficient (Wildman–Crippen LogP) is 5.28. The molecule has 6 heteroatoms. The van der Waals surface area contributed by atoms with E-state index in [0.29, 0.717) is 17.4 Å². The van der Waals surface area contributed by atoms with Crippen molar-refractivity contribution < 1.29 is 4.39 Å². The molecule has 0 radical (unpaired) electrons. The van der Waals surface area contributed by atoms with Gasteiger partial charge in [-0.1, -0.05) is 36.4 Å². The Balaban J connectivity index is 1.49. The van der Waals surface area contributed by atoms with Crippen LogP contribution in [0.2, 0.25) is 0 Å². The first-order valence-corrected chi connectivity index (χ1v) is 10.8. The highest BCUT2D eigenvalue weighted by Gasteiger charge is 2.26. The van der Waals surface area contributed by atoms with Crippen LogP contribution in [-0.2, 0) is 0 Å². The van der Waals surface area contributed by atoms with Crippen molar-refractivity contribution in [2.24, 2.45) is 0 Å². The highest BCUT2D eigenvalue weighted by molar-refractivity contribution is 5.65. The molecule has 0 amide bonds. The quantitative estimate of drug-likeness (QED) is 0.455. The van der Waals surface area contributed by atoms with Gasteiger partial charge in [0.2, 0.25) is 0 Å². The lowest BCUT2D eigenvalue weighted by atomic mass is 9.85. The topological polar surface area (TPSA) is 62.7 Å². The van der Waals surface area contributed by atoms with Crippen LogP contribution in [0.25, 0.3) is 11.3 Å². The molecule has 160 valence electrons. The Bertz CT molecular complexity index is 1180. The Kier molecular flexibility index (Phi) is 5.85. The number of nitrogens with zero attached hydrogens (tertiary/aromatic N) is 3. The maximum Gasteiger partial charge on any atom is 0.135 e. The van der Waals surface area contributed by atoms with E-state index in [0.717, 1.165) is 36.6 Å². The normalized spacial score (nSPS) is 18.3. The molecule has 0 bridgehead atoms. The van der Waals surface area contributed by atoms with Gasteiger partial charge in [-0.2, -0.15) is 0 Å². The molecule has 1 aliphatic heterocycles. The van der Waals surface area contributed by atoms with Crippen LogP contribution in [0.5, 0.6) is 0 Å². The molecule has 1 fully saturated rings. The number of halogens is 1. The maximum absolute atomic E-state index is 13.7. The molecule has 5 nitrogen and oxygen atoms in total. The second kappa shape index (κ2) is 9.24. The molecule has 32 heavy (non-hydrogen) atoms. The van der Waals surface area contributed by atoms with Gasteiger partial charge in [-0.25, -0.2) is 14.4 Å². The molecular formula is C26H24FN5. The zero-order valence-corrected chi connectivity index (χ0v) is 17.6. The Morgan fingerprint density at radius 2 is 1.75 bits per heavy atom. The van der Waals surface area contributed by atoms with E-state index in [1.165, 1.54) is 17.7 Å². The average molecular weight is 426 g/mol. The van der Waals surface area contributed by atoms with Crippen molar-refractivity contribution in [3.63, 3.8) is 0 Å². The van der Waals surface area contributed by atoms with Gasteiger partial charge >= 0.3 is 0 Å². The zero-order valence-electron chi connectivity index (χ0n) is 17.6. The summed E-state index contributed by atoms with van der Waals surface area (Å²) in [7, 11) is 0. The molecule has 2 aromatic carbocycles. The number of nitrogens with one attached hydrogen (secondary N) is 2. The van der Waals surface area contributed by atoms with Crippen molar-refractivity contribution in [2.75, 3.05) is 18.4 Å². The highest BCUT2D eigenvalue weighted by atomic mass is 19.1. The Hall–Kier alpha value is -3.64. The van der Waals surface area contributed by atoms with Gasteiger partial charge < -0.3 is 10.6 Å². The van der Waals surface area contributed by atoms with Gasteiger partial charge in [0.1, 0.15) is 17.5 Å². The molecule has 5 rings (SSSR count). The predicted molar refractivity (Wildman–Crippen MR) is 124 cm³/mol. The molecule has 2 N–H and O–H groups in total. The average Bonchev–Trinajstić information content (AvgIpc) is 2.85. The maximum atomic E-state index is 13.7. The molecule has 4 aromatic rings. The summed E-state index contributed by atoms with van der Waals surface area (Å²) >= 11 is 0. The number of anilines is 2. The summed E-state index contributed by atoms with van der Waals surface area (Å²) in [6.45, 7) is 1.76. The van der Waals surface area contributed by atoms with Crippen molar-refractivity contribution in [1.82, 2.24) is 20.3 Å². The molecule has 1 saturated heterocycles. The van der Waals surface area contributed by atoms with Crippen molar-refractivity contribution in [3.8, 4) is 11.3 Å². The van der Waals surface area contributed by atoms with Crippen molar-refractivity contribution in [2.45, 2.75) is 18.3 Å². The van der Waals surface area contributed by atoms with Crippen LogP contribution in [0.4, 0.5) is 15.9 Å². The first kappa shape index (κ1) is 20.3. The van der Waals surface area contributed by atoms with Gasteiger partial charge in [-0.3, -0.25) is 4.98 Å². The zero-order chi connectivity index (χ0) is 21.8. The second-order valence-electron chi connectivity index (χ2n) is 8.07. The number of hydrogen-bond donors (Lipinski definition) is 2. The van der Waals surface area contributed by atoms with Crippen LogP contribution in [0.1, 0.15) is 29.6 Å². The number of piperidine rings is 1. The smallest absolute Gasteiger partial charge is 0.135 e. The van der Waals surface area contributed by atoms with Gasteiger partial charge in [-0.15, -0.1) is 0 Å².